The van der Waals surface area contributed by atoms with Crippen LogP contribution in [0.3, 0.4) is 0 Å². The van der Waals surface area contributed by atoms with Crippen LogP contribution in [0.2, 0.25) is 0 Å². The molecule has 74 heavy (non-hydrogen) atoms. The topological polar surface area (TPSA) is 95.9 Å². The van der Waals surface area contributed by atoms with Crippen LogP contribution in [0.1, 0.15) is 373 Å². The summed E-state index contributed by atoms with van der Waals surface area (Å²) < 4.78 is 5.48. The first kappa shape index (κ1) is 72.3. The lowest BCUT2D eigenvalue weighted by Gasteiger charge is -2.22. The summed E-state index contributed by atoms with van der Waals surface area (Å²) >= 11 is 0. The van der Waals surface area contributed by atoms with Gasteiger partial charge >= 0.3 is 5.97 Å². The molecule has 0 spiro atoms. The lowest BCUT2D eigenvalue weighted by atomic mass is 10.0. The van der Waals surface area contributed by atoms with E-state index in [1.165, 1.54) is 270 Å². The van der Waals surface area contributed by atoms with Crippen molar-refractivity contribution in [3.05, 3.63) is 24.3 Å². The number of hydrogen-bond acceptors (Lipinski definition) is 5. The van der Waals surface area contributed by atoms with E-state index in [4.69, 9.17) is 4.74 Å². The number of allylic oxidation sites excluding steroid dienone is 4. The third kappa shape index (κ3) is 59.6. The van der Waals surface area contributed by atoms with Crippen LogP contribution in [-0.4, -0.2) is 47.4 Å². The molecule has 3 N–H and O–H groups in total. The van der Waals surface area contributed by atoms with Gasteiger partial charge < -0.3 is 20.3 Å². The van der Waals surface area contributed by atoms with Crippen LogP contribution < -0.4 is 5.32 Å². The van der Waals surface area contributed by atoms with Crippen molar-refractivity contribution >= 4 is 11.9 Å². The fourth-order valence-corrected chi connectivity index (χ4v) is 10.6. The number of carbonyl (C=O) groups excluding carboxylic acids is 2. The van der Waals surface area contributed by atoms with E-state index in [-0.39, 0.29) is 18.5 Å². The largest absolute Gasteiger partial charge is 0.466 e. The smallest absolute Gasteiger partial charge is 0.305 e. The van der Waals surface area contributed by atoms with E-state index in [0.717, 1.165) is 70.6 Å². The summed E-state index contributed by atoms with van der Waals surface area (Å²) in [7, 11) is 0. The number of rotatable bonds is 63. The van der Waals surface area contributed by atoms with Crippen LogP contribution in [0.4, 0.5) is 0 Å². The maximum absolute atomic E-state index is 12.5. The Bertz CT molecular complexity index is 1150. The average molecular weight is 1040 g/mol. The van der Waals surface area contributed by atoms with E-state index in [1.54, 1.807) is 0 Å². The van der Waals surface area contributed by atoms with Gasteiger partial charge in [0.2, 0.25) is 5.91 Å². The molecule has 0 aliphatic carbocycles. The second-order valence-electron chi connectivity index (χ2n) is 23.2. The van der Waals surface area contributed by atoms with Gasteiger partial charge in [-0.1, -0.05) is 327 Å². The molecule has 0 bridgehead atoms. The monoisotopic (exact) mass is 1040 g/mol. The summed E-state index contributed by atoms with van der Waals surface area (Å²) in [6, 6.07) is -0.550. The predicted molar refractivity (Wildman–Crippen MR) is 324 cm³/mol. The molecule has 6 heteroatoms. The molecule has 0 aliphatic rings. The minimum absolute atomic E-state index is 0.00804. The number of esters is 1. The Hall–Kier alpha value is -1.66. The zero-order valence-corrected chi connectivity index (χ0v) is 50.1. The van der Waals surface area contributed by atoms with Crippen LogP contribution in [0, 0.1) is 0 Å². The van der Waals surface area contributed by atoms with Crippen molar-refractivity contribution in [1.29, 1.82) is 0 Å². The number of carbonyl (C=O) groups is 2. The second kappa shape index (κ2) is 63.9. The third-order valence-corrected chi connectivity index (χ3v) is 15.8. The van der Waals surface area contributed by atoms with Crippen molar-refractivity contribution in [1.82, 2.24) is 5.32 Å². The van der Waals surface area contributed by atoms with Crippen LogP contribution in [0.25, 0.3) is 0 Å². The Balaban J connectivity index is 3.45. The molecular weight excluding hydrogens is 911 g/mol. The second-order valence-corrected chi connectivity index (χ2v) is 23.2. The molecule has 0 aromatic heterocycles. The van der Waals surface area contributed by atoms with E-state index >= 15 is 0 Å². The highest BCUT2D eigenvalue weighted by Crippen LogP contribution is 2.19. The van der Waals surface area contributed by atoms with Crippen molar-refractivity contribution in [2.45, 2.75) is 386 Å². The molecule has 0 aromatic rings. The molecule has 2 atom stereocenters. The molecule has 0 rings (SSSR count). The van der Waals surface area contributed by atoms with Gasteiger partial charge in [-0.25, -0.2) is 0 Å². The minimum atomic E-state index is -0.672. The number of unbranched alkanes of at least 4 members (excludes halogenated alkanes) is 49. The number of hydrogen-bond donors (Lipinski definition) is 3. The number of ether oxygens (including phenoxy) is 1. The zero-order valence-electron chi connectivity index (χ0n) is 50.1. The number of aliphatic hydroxyl groups is 2. The Morgan fingerprint density at radius 1 is 0.378 bits per heavy atom. The Kier molecular flexibility index (Phi) is 62.4. The first-order valence-corrected chi connectivity index (χ1v) is 33.6. The third-order valence-electron chi connectivity index (χ3n) is 15.8. The van der Waals surface area contributed by atoms with Crippen molar-refractivity contribution in [3.63, 3.8) is 0 Å². The molecule has 0 saturated carbocycles. The van der Waals surface area contributed by atoms with Gasteiger partial charge in [0.1, 0.15) is 0 Å². The van der Waals surface area contributed by atoms with Crippen molar-refractivity contribution in [3.8, 4) is 0 Å². The number of amides is 1. The van der Waals surface area contributed by atoms with E-state index in [9.17, 15) is 19.8 Å². The van der Waals surface area contributed by atoms with E-state index in [0.29, 0.717) is 25.9 Å². The Morgan fingerprint density at radius 2 is 0.662 bits per heavy atom. The molecule has 0 saturated heterocycles. The predicted octanol–water partition coefficient (Wildman–Crippen LogP) is 21.4. The maximum Gasteiger partial charge on any atom is 0.305 e. The lowest BCUT2D eigenvalue weighted by molar-refractivity contribution is -0.143. The standard InChI is InChI=1S/C68H131NO5/c1-3-5-7-9-11-13-15-17-19-21-23-25-28-32-36-40-44-48-52-56-60-66(71)65(64-70)69-67(72)61-57-53-49-45-41-37-33-29-26-24-27-31-35-39-43-47-51-55-59-63-74-68(73)62-58-54-50-46-42-38-34-30-22-20-18-16-14-12-10-8-6-4-2/h31,35,39,43,65-66,70-71H,3-30,32-34,36-38,40-42,44-64H2,1-2H3,(H,69,72)/b35-31-,43-39-. The highest BCUT2D eigenvalue weighted by atomic mass is 16.5. The average Bonchev–Trinajstić information content (AvgIpc) is 3.40. The number of aliphatic hydroxyl groups excluding tert-OH is 2. The van der Waals surface area contributed by atoms with Gasteiger partial charge in [0.05, 0.1) is 25.4 Å². The van der Waals surface area contributed by atoms with Gasteiger partial charge in [-0.2, -0.15) is 0 Å². The van der Waals surface area contributed by atoms with E-state index in [1.807, 2.05) is 0 Å². The van der Waals surface area contributed by atoms with Gasteiger partial charge in [0, 0.05) is 12.8 Å². The van der Waals surface area contributed by atoms with Crippen molar-refractivity contribution in [2.75, 3.05) is 13.2 Å². The fourth-order valence-electron chi connectivity index (χ4n) is 10.6. The molecule has 0 aromatic carbocycles. The SMILES string of the molecule is CCCCCCCCCCCCCCCCCCCCCCC(O)C(CO)NC(=O)CCCCCCCCCCCC/C=C\C=C/CCCCCOC(=O)CCCCCCCCCCCCCCCCCCCC. The van der Waals surface area contributed by atoms with Gasteiger partial charge in [0.15, 0.2) is 0 Å². The summed E-state index contributed by atoms with van der Waals surface area (Å²) in [5, 5.41) is 23.4. The fraction of sp³-hybridized carbons (Fsp3) is 0.912. The quantitative estimate of drug-likeness (QED) is 0.0320. The van der Waals surface area contributed by atoms with Crippen LogP contribution >= 0.6 is 0 Å². The zero-order chi connectivity index (χ0) is 53.6. The number of nitrogens with one attached hydrogen (secondary N) is 1. The highest BCUT2D eigenvalue weighted by molar-refractivity contribution is 5.76. The molecule has 2 unspecified atom stereocenters. The lowest BCUT2D eigenvalue weighted by Crippen LogP contribution is -2.45. The summed E-state index contributed by atoms with van der Waals surface area (Å²) in [6.45, 7) is 4.95. The van der Waals surface area contributed by atoms with E-state index in [2.05, 4.69) is 43.5 Å². The van der Waals surface area contributed by atoms with Gasteiger partial charge in [0.25, 0.3) is 0 Å². The molecule has 0 aliphatic heterocycles. The Labute approximate surface area is 462 Å². The maximum atomic E-state index is 12.5. The van der Waals surface area contributed by atoms with Gasteiger partial charge in [-0.05, 0) is 57.8 Å². The van der Waals surface area contributed by atoms with Crippen LogP contribution in [0.15, 0.2) is 24.3 Å². The minimum Gasteiger partial charge on any atom is -0.466 e. The Morgan fingerprint density at radius 3 is 1.00 bits per heavy atom. The molecule has 6 nitrogen and oxygen atoms in total. The van der Waals surface area contributed by atoms with Crippen molar-refractivity contribution < 1.29 is 24.5 Å². The van der Waals surface area contributed by atoms with E-state index < -0.39 is 12.1 Å². The molecule has 438 valence electrons. The highest BCUT2D eigenvalue weighted by Gasteiger charge is 2.20. The van der Waals surface area contributed by atoms with Crippen LogP contribution in [0.5, 0.6) is 0 Å². The summed E-state index contributed by atoms with van der Waals surface area (Å²) in [5.41, 5.74) is 0. The van der Waals surface area contributed by atoms with Crippen LogP contribution in [-0.2, 0) is 14.3 Å². The first-order chi connectivity index (χ1) is 36.5. The molecule has 1 amide bonds. The summed E-state index contributed by atoms with van der Waals surface area (Å²) in [5.74, 6) is -0.0491. The molecular formula is C68H131NO5. The van der Waals surface area contributed by atoms with Gasteiger partial charge in [-0.15, -0.1) is 0 Å². The van der Waals surface area contributed by atoms with Crippen molar-refractivity contribution in [2.24, 2.45) is 0 Å². The summed E-state index contributed by atoms with van der Waals surface area (Å²) in [4.78, 5) is 24.6. The van der Waals surface area contributed by atoms with Gasteiger partial charge in [-0.3, -0.25) is 9.59 Å². The molecule has 0 radical (unpaired) electrons. The molecule has 0 heterocycles. The first-order valence-electron chi connectivity index (χ1n) is 33.6. The summed E-state index contributed by atoms with van der Waals surface area (Å²) in [6.07, 6.45) is 79.2. The molecule has 0 fully saturated rings. The normalized spacial score (nSPS) is 12.6.